The molecule has 2 aromatic carbocycles. The van der Waals surface area contributed by atoms with Gasteiger partial charge in [0.25, 0.3) is 5.91 Å². The number of carbonyl (C=O) groups is 1. The predicted octanol–water partition coefficient (Wildman–Crippen LogP) is 4.03. The minimum absolute atomic E-state index is 0.135. The Morgan fingerprint density at radius 2 is 1.87 bits per heavy atom. The first-order valence-corrected chi connectivity index (χ1v) is 9.72. The van der Waals surface area contributed by atoms with E-state index in [4.69, 9.17) is 16.3 Å². The van der Waals surface area contributed by atoms with Crippen molar-refractivity contribution in [3.63, 3.8) is 0 Å². The Bertz CT molecular complexity index is 1110. The molecule has 0 atom stereocenters. The van der Waals surface area contributed by atoms with Crippen molar-refractivity contribution in [2.75, 3.05) is 13.7 Å². The molecule has 0 radical (unpaired) electrons. The Kier molecular flexibility index (Phi) is 6.69. The molecule has 0 unspecified atom stereocenters. The van der Waals surface area contributed by atoms with Gasteiger partial charge in [-0.3, -0.25) is 9.59 Å². The zero-order chi connectivity index (χ0) is 21.7. The van der Waals surface area contributed by atoms with E-state index >= 15 is 0 Å². The van der Waals surface area contributed by atoms with Gasteiger partial charge in [-0.05, 0) is 48.9 Å². The first-order chi connectivity index (χ1) is 14.4. The molecule has 0 saturated heterocycles. The molecule has 30 heavy (non-hydrogen) atoms. The van der Waals surface area contributed by atoms with Gasteiger partial charge >= 0.3 is 0 Å². The third kappa shape index (κ3) is 4.96. The molecule has 7 heteroatoms. The van der Waals surface area contributed by atoms with E-state index < -0.39 is 11.3 Å². The van der Waals surface area contributed by atoms with E-state index in [1.165, 1.54) is 11.0 Å². The number of aryl methyl sites for hydroxylation is 1. The molecule has 0 saturated carbocycles. The third-order valence-corrected chi connectivity index (χ3v) is 4.69. The molecule has 6 nitrogen and oxygen atoms in total. The van der Waals surface area contributed by atoms with Crippen molar-refractivity contribution in [3.05, 3.63) is 99.4 Å². The van der Waals surface area contributed by atoms with Gasteiger partial charge in [0.1, 0.15) is 12.4 Å². The van der Waals surface area contributed by atoms with Crippen LogP contribution in [0.2, 0.25) is 5.02 Å². The summed E-state index contributed by atoms with van der Waals surface area (Å²) in [5.41, 5.74) is 1.69. The minimum atomic E-state index is -0.449. The van der Waals surface area contributed by atoms with Crippen LogP contribution in [0.4, 0.5) is 0 Å². The highest BCUT2D eigenvalue weighted by molar-refractivity contribution is 6.30. The average molecular weight is 424 g/mol. The van der Waals surface area contributed by atoms with Crippen molar-refractivity contribution in [1.82, 2.24) is 14.7 Å². The summed E-state index contributed by atoms with van der Waals surface area (Å²) in [6, 6.07) is 15.8. The SMILES string of the molecule is C=CCOc1ccc(CN(C)C(=O)c2nn(-c3ccc(Cl)cc3)c(C)cc2=O)cc1. The largest absolute Gasteiger partial charge is 0.490 e. The Balaban J connectivity index is 1.81. The molecule has 0 bridgehead atoms. The first-order valence-electron chi connectivity index (χ1n) is 9.34. The molecule has 0 spiro atoms. The number of hydrogen-bond donors (Lipinski definition) is 0. The fraction of sp³-hybridized carbons (Fsp3) is 0.174. The van der Waals surface area contributed by atoms with Crippen LogP contribution in [-0.4, -0.2) is 34.2 Å². The molecule has 0 fully saturated rings. The van der Waals surface area contributed by atoms with Crippen molar-refractivity contribution < 1.29 is 9.53 Å². The lowest BCUT2D eigenvalue weighted by Crippen LogP contribution is -2.33. The second-order valence-corrected chi connectivity index (χ2v) is 7.23. The van der Waals surface area contributed by atoms with Crippen LogP contribution >= 0.6 is 11.6 Å². The van der Waals surface area contributed by atoms with Gasteiger partial charge in [-0.15, -0.1) is 0 Å². The second-order valence-electron chi connectivity index (χ2n) is 6.79. The Morgan fingerprint density at radius 3 is 2.50 bits per heavy atom. The molecule has 1 heterocycles. The van der Waals surface area contributed by atoms with Crippen LogP contribution in [0, 0.1) is 6.92 Å². The van der Waals surface area contributed by atoms with Gasteiger partial charge in [-0.25, -0.2) is 4.68 Å². The predicted molar refractivity (Wildman–Crippen MR) is 118 cm³/mol. The van der Waals surface area contributed by atoms with Gasteiger partial charge in [-0.2, -0.15) is 5.10 Å². The summed E-state index contributed by atoms with van der Waals surface area (Å²) in [6.07, 6.45) is 1.67. The van der Waals surface area contributed by atoms with Crippen molar-refractivity contribution in [2.45, 2.75) is 13.5 Å². The average Bonchev–Trinajstić information content (AvgIpc) is 2.73. The lowest BCUT2D eigenvalue weighted by atomic mass is 10.2. The second kappa shape index (κ2) is 9.41. The fourth-order valence-electron chi connectivity index (χ4n) is 2.91. The zero-order valence-corrected chi connectivity index (χ0v) is 17.6. The monoisotopic (exact) mass is 423 g/mol. The smallest absolute Gasteiger partial charge is 0.278 e. The summed E-state index contributed by atoms with van der Waals surface area (Å²) >= 11 is 5.95. The van der Waals surface area contributed by atoms with Crippen molar-refractivity contribution in [2.24, 2.45) is 0 Å². The number of amides is 1. The van der Waals surface area contributed by atoms with Gasteiger partial charge in [0.2, 0.25) is 5.43 Å². The van der Waals surface area contributed by atoms with Crippen LogP contribution in [0.5, 0.6) is 5.75 Å². The molecule has 1 amide bonds. The van der Waals surface area contributed by atoms with Crippen LogP contribution in [0.25, 0.3) is 5.69 Å². The van der Waals surface area contributed by atoms with Crippen molar-refractivity contribution in [3.8, 4) is 11.4 Å². The van der Waals surface area contributed by atoms with Crippen LogP contribution in [0.15, 0.2) is 72.0 Å². The highest BCUT2D eigenvalue weighted by atomic mass is 35.5. The maximum Gasteiger partial charge on any atom is 0.278 e. The molecule has 0 aliphatic carbocycles. The van der Waals surface area contributed by atoms with E-state index in [9.17, 15) is 9.59 Å². The van der Waals surface area contributed by atoms with E-state index in [0.29, 0.717) is 29.6 Å². The number of rotatable bonds is 7. The topological polar surface area (TPSA) is 64.4 Å². The molecule has 0 aliphatic rings. The van der Waals surface area contributed by atoms with E-state index in [2.05, 4.69) is 11.7 Å². The first kappa shape index (κ1) is 21.3. The van der Waals surface area contributed by atoms with Gasteiger partial charge in [0.05, 0.1) is 5.69 Å². The Morgan fingerprint density at radius 1 is 1.20 bits per heavy atom. The summed E-state index contributed by atoms with van der Waals surface area (Å²) in [5.74, 6) is 0.272. The summed E-state index contributed by atoms with van der Waals surface area (Å²) in [5, 5.41) is 4.91. The highest BCUT2D eigenvalue weighted by Crippen LogP contribution is 2.16. The lowest BCUT2D eigenvalue weighted by Gasteiger charge is -2.18. The summed E-state index contributed by atoms with van der Waals surface area (Å²) < 4.78 is 7.02. The minimum Gasteiger partial charge on any atom is -0.490 e. The van der Waals surface area contributed by atoms with Gasteiger partial charge in [0.15, 0.2) is 5.69 Å². The van der Waals surface area contributed by atoms with Crippen molar-refractivity contribution >= 4 is 17.5 Å². The van der Waals surface area contributed by atoms with Crippen LogP contribution in [-0.2, 0) is 6.54 Å². The molecular formula is C23H22ClN3O3. The van der Waals surface area contributed by atoms with Gasteiger partial charge in [-0.1, -0.05) is 36.4 Å². The molecule has 0 N–H and O–H groups in total. The van der Waals surface area contributed by atoms with E-state index in [1.807, 2.05) is 24.3 Å². The van der Waals surface area contributed by atoms with E-state index in [0.717, 1.165) is 11.3 Å². The summed E-state index contributed by atoms with van der Waals surface area (Å²) in [7, 11) is 1.64. The number of carbonyl (C=O) groups excluding carboxylic acids is 1. The van der Waals surface area contributed by atoms with Crippen molar-refractivity contribution in [1.29, 1.82) is 0 Å². The Labute approximate surface area is 180 Å². The van der Waals surface area contributed by atoms with E-state index in [1.54, 1.807) is 49.0 Å². The van der Waals surface area contributed by atoms with E-state index in [-0.39, 0.29) is 5.69 Å². The number of nitrogens with zero attached hydrogens (tertiary/aromatic N) is 3. The third-order valence-electron chi connectivity index (χ3n) is 4.44. The maximum atomic E-state index is 12.9. The number of halogens is 1. The molecular weight excluding hydrogens is 402 g/mol. The van der Waals surface area contributed by atoms with Crippen LogP contribution < -0.4 is 10.2 Å². The van der Waals surface area contributed by atoms with Gasteiger partial charge in [0, 0.05) is 30.4 Å². The number of benzene rings is 2. The van der Waals surface area contributed by atoms with Crippen LogP contribution in [0.3, 0.4) is 0 Å². The number of aromatic nitrogens is 2. The highest BCUT2D eigenvalue weighted by Gasteiger charge is 2.19. The summed E-state index contributed by atoms with van der Waals surface area (Å²) in [6.45, 7) is 6.13. The summed E-state index contributed by atoms with van der Waals surface area (Å²) in [4.78, 5) is 26.8. The van der Waals surface area contributed by atoms with Gasteiger partial charge < -0.3 is 9.64 Å². The molecule has 3 rings (SSSR count). The Hall–Kier alpha value is -3.38. The number of ether oxygens (including phenoxy) is 1. The molecule has 3 aromatic rings. The van der Waals surface area contributed by atoms with Crippen LogP contribution in [0.1, 0.15) is 21.7 Å². The zero-order valence-electron chi connectivity index (χ0n) is 16.8. The molecule has 154 valence electrons. The lowest BCUT2D eigenvalue weighted by molar-refractivity contribution is 0.0776. The quantitative estimate of drug-likeness (QED) is 0.538. The molecule has 0 aliphatic heterocycles. The maximum absolute atomic E-state index is 12.9. The fourth-order valence-corrected chi connectivity index (χ4v) is 3.04. The standard InChI is InChI=1S/C23H22ClN3O3/c1-4-13-30-20-11-5-17(6-12-20)15-26(3)23(29)22-21(28)14-16(2)27(25-22)19-9-7-18(24)8-10-19/h4-12,14H,1,13,15H2,2-3H3. The molecule has 1 aromatic heterocycles. The number of hydrogen-bond acceptors (Lipinski definition) is 4. The normalized spacial score (nSPS) is 10.5.